The summed E-state index contributed by atoms with van der Waals surface area (Å²) in [6.45, 7) is 2.15. The van der Waals surface area contributed by atoms with Crippen molar-refractivity contribution in [3.63, 3.8) is 0 Å². The molecule has 0 bridgehead atoms. The number of carbonyl (C=O) groups is 1. The van der Waals surface area contributed by atoms with E-state index < -0.39 is 18.5 Å². The quantitative estimate of drug-likeness (QED) is 0.845. The first-order valence-electron chi connectivity index (χ1n) is 6.74. The third-order valence-corrected chi connectivity index (χ3v) is 3.42. The Bertz CT molecular complexity index is 646. The first kappa shape index (κ1) is 15.4. The molecule has 0 aliphatic heterocycles. The second-order valence-electron chi connectivity index (χ2n) is 4.92. The minimum atomic E-state index is -4.26. The lowest BCUT2D eigenvalue weighted by molar-refractivity contribution is -0.136. The highest BCUT2D eigenvalue weighted by atomic mass is 19.4. The summed E-state index contributed by atoms with van der Waals surface area (Å²) in [5, 5.41) is 0.909. The molecule has 114 valence electrons. The predicted molar refractivity (Wildman–Crippen MR) is 75.2 cm³/mol. The third-order valence-electron chi connectivity index (χ3n) is 3.42. The molecule has 3 nitrogen and oxygen atoms in total. The van der Waals surface area contributed by atoms with Crippen molar-refractivity contribution in [3.05, 3.63) is 36.0 Å². The topological polar surface area (TPSA) is 25.2 Å². The number of carbonyl (C=O) groups excluding carboxylic acids is 1. The lowest BCUT2D eigenvalue weighted by Gasteiger charge is -2.19. The van der Waals surface area contributed by atoms with Crippen molar-refractivity contribution in [2.75, 3.05) is 13.6 Å². The molecule has 0 radical (unpaired) electrons. The summed E-state index contributed by atoms with van der Waals surface area (Å²) in [5.74, 6) is -0.391. The summed E-state index contributed by atoms with van der Waals surface area (Å²) in [7, 11) is 1.39. The van der Waals surface area contributed by atoms with Crippen LogP contribution in [0, 0.1) is 0 Å². The largest absolute Gasteiger partial charge is 0.390 e. The highest BCUT2D eigenvalue weighted by Gasteiger charge is 2.28. The van der Waals surface area contributed by atoms with Crippen LogP contribution in [0.25, 0.3) is 10.9 Å². The number of hydrogen-bond donors (Lipinski definition) is 0. The number of nitrogens with zero attached hydrogens (tertiary/aromatic N) is 2. The zero-order valence-corrected chi connectivity index (χ0v) is 11.9. The van der Waals surface area contributed by atoms with E-state index in [1.165, 1.54) is 7.05 Å². The average molecular weight is 298 g/mol. The van der Waals surface area contributed by atoms with Crippen LogP contribution >= 0.6 is 0 Å². The van der Waals surface area contributed by atoms with E-state index in [2.05, 4.69) is 0 Å². The van der Waals surface area contributed by atoms with Crippen molar-refractivity contribution < 1.29 is 18.0 Å². The minimum Gasteiger partial charge on any atom is -0.340 e. The van der Waals surface area contributed by atoms with Gasteiger partial charge in [-0.05, 0) is 19.1 Å². The van der Waals surface area contributed by atoms with Gasteiger partial charge in [-0.3, -0.25) is 4.79 Å². The fourth-order valence-corrected chi connectivity index (χ4v) is 2.32. The summed E-state index contributed by atoms with van der Waals surface area (Å²) < 4.78 is 38.6. The standard InChI is InChI=1S/C15H17F3N2O/c1-3-20-12-7-5-4-6-11(12)10-13(20)14(21)19(2)9-8-15(16,17)18/h4-7,10H,3,8-9H2,1-2H3. The van der Waals surface area contributed by atoms with E-state index in [0.717, 1.165) is 15.8 Å². The van der Waals surface area contributed by atoms with E-state index in [-0.39, 0.29) is 6.54 Å². The van der Waals surface area contributed by atoms with Crippen molar-refractivity contribution in [1.29, 1.82) is 0 Å². The van der Waals surface area contributed by atoms with Crippen LogP contribution in [0.4, 0.5) is 13.2 Å². The highest BCUT2D eigenvalue weighted by molar-refractivity contribution is 5.98. The molecule has 0 saturated heterocycles. The molecular formula is C15H17F3N2O. The number of para-hydroxylation sites is 1. The second-order valence-corrected chi connectivity index (χ2v) is 4.92. The maximum absolute atomic E-state index is 12.3. The summed E-state index contributed by atoms with van der Waals surface area (Å²) in [6, 6.07) is 9.24. The Balaban J connectivity index is 2.26. The van der Waals surface area contributed by atoms with E-state index in [1.54, 1.807) is 6.07 Å². The number of hydrogen-bond acceptors (Lipinski definition) is 1. The molecule has 0 unspecified atom stereocenters. The Morgan fingerprint density at radius 2 is 1.95 bits per heavy atom. The number of aryl methyl sites for hydroxylation is 1. The number of halogens is 3. The van der Waals surface area contributed by atoms with Crippen LogP contribution in [0.1, 0.15) is 23.8 Å². The monoisotopic (exact) mass is 298 g/mol. The van der Waals surface area contributed by atoms with Crippen LogP contribution in [-0.4, -0.2) is 35.1 Å². The van der Waals surface area contributed by atoms with Gasteiger partial charge in [-0.1, -0.05) is 18.2 Å². The van der Waals surface area contributed by atoms with Crippen molar-refractivity contribution in [2.24, 2.45) is 0 Å². The van der Waals surface area contributed by atoms with E-state index in [9.17, 15) is 18.0 Å². The first-order valence-corrected chi connectivity index (χ1v) is 6.74. The van der Waals surface area contributed by atoms with Crippen molar-refractivity contribution in [1.82, 2.24) is 9.47 Å². The molecule has 1 aromatic carbocycles. The summed E-state index contributed by atoms with van der Waals surface area (Å²) >= 11 is 0. The Morgan fingerprint density at radius 1 is 1.29 bits per heavy atom. The SMILES string of the molecule is CCn1c(C(=O)N(C)CCC(F)(F)F)cc2ccccc21. The number of alkyl halides is 3. The molecule has 0 N–H and O–H groups in total. The molecule has 1 heterocycles. The molecule has 0 fully saturated rings. The van der Waals surface area contributed by atoms with E-state index in [0.29, 0.717) is 12.2 Å². The molecule has 1 aromatic heterocycles. The average Bonchev–Trinajstić information content (AvgIpc) is 2.81. The summed E-state index contributed by atoms with van der Waals surface area (Å²) in [6.07, 6.45) is -5.26. The maximum atomic E-state index is 12.3. The van der Waals surface area contributed by atoms with Gasteiger partial charge in [0.1, 0.15) is 5.69 Å². The van der Waals surface area contributed by atoms with Crippen LogP contribution in [0.5, 0.6) is 0 Å². The number of rotatable bonds is 4. The molecule has 1 amide bonds. The fraction of sp³-hybridized carbons (Fsp3) is 0.400. The van der Waals surface area contributed by atoms with Crippen molar-refractivity contribution in [2.45, 2.75) is 26.1 Å². The molecule has 2 rings (SSSR count). The van der Waals surface area contributed by atoms with Gasteiger partial charge in [-0.2, -0.15) is 13.2 Å². The molecule has 0 saturated carbocycles. The zero-order valence-electron chi connectivity index (χ0n) is 11.9. The van der Waals surface area contributed by atoms with Gasteiger partial charge in [0.25, 0.3) is 5.91 Å². The van der Waals surface area contributed by atoms with Crippen LogP contribution in [0.2, 0.25) is 0 Å². The third kappa shape index (κ3) is 3.37. The van der Waals surface area contributed by atoms with Crippen molar-refractivity contribution in [3.8, 4) is 0 Å². The van der Waals surface area contributed by atoms with E-state index >= 15 is 0 Å². The van der Waals surface area contributed by atoms with Crippen LogP contribution in [0.3, 0.4) is 0 Å². The number of fused-ring (bicyclic) bond motifs is 1. The number of amides is 1. The summed E-state index contributed by atoms with van der Waals surface area (Å²) in [5.41, 5.74) is 1.33. The van der Waals surface area contributed by atoms with Gasteiger partial charge < -0.3 is 9.47 Å². The lowest BCUT2D eigenvalue weighted by atomic mass is 10.2. The van der Waals surface area contributed by atoms with Crippen molar-refractivity contribution >= 4 is 16.8 Å². The first-order chi connectivity index (χ1) is 9.83. The number of benzene rings is 1. The molecule has 0 aliphatic rings. The zero-order chi connectivity index (χ0) is 15.6. The number of aromatic nitrogens is 1. The lowest BCUT2D eigenvalue weighted by Crippen LogP contribution is -2.31. The van der Waals surface area contributed by atoms with Gasteiger partial charge in [0.15, 0.2) is 0 Å². The van der Waals surface area contributed by atoms with Gasteiger partial charge in [0.05, 0.1) is 6.42 Å². The molecule has 0 atom stereocenters. The molecule has 6 heteroatoms. The van der Waals surface area contributed by atoms with Crippen LogP contribution in [-0.2, 0) is 6.54 Å². The maximum Gasteiger partial charge on any atom is 0.390 e. The van der Waals surface area contributed by atoms with Gasteiger partial charge in [0.2, 0.25) is 0 Å². The molecule has 2 aromatic rings. The van der Waals surface area contributed by atoms with Crippen LogP contribution in [0.15, 0.2) is 30.3 Å². The van der Waals surface area contributed by atoms with Gasteiger partial charge in [-0.15, -0.1) is 0 Å². The Hall–Kier alpha value is -1.98. The summed E-state index contributed by atoms with van der Waals surface area (Å²) in [4.78, 5) is 13.5. The Kier molecular flexibility index (Phi) is 4.25. The normalized spacial score (nSPS) is 11.9. The Morgan fingerprint density at radius 3 is 2.57 bits per heavy atom. The highest BCUT2D eigenvalue weighted by Crippen LogP contribution is 2.22. The smallest absolute Gasteiger partial charge is 0.340 e. The second kappa shape index (κ2) is 5.79. The fourth-order valence-electron chi connectivity index (χ4n) is 2.32. The molecule has 21 heavy (non-hydrogen) atoms. The molecular weight excluding hydrogens is 281 g/mol. The Labute approximate surface area is 121 Å². The van der Waals surface area contributed by atoms with Gasteiger partial charge >= 0.3 is 6.18 Å². The molecule has 0 aliphatic carbocycles. The van der Waals surface area contributed by atoms with E-state index in [1.807, 2.05) is 35.8 Å². The minimum absolute atomic E-state index is 0.340. The van der Waals surface area contributed by atoms with Crippen LogP contribution < -0.4 is 0 Å². The predicted octanol–water partition coefficient (Wildman–Crippen LogP) is 3.69. The molecule has 0 spiro atoms. The van der Waals surface area contributed by atoms with E-state index in [4.69, 9.17) is 0 Å². The van der Waals surface area contributed by atoms with Gasteiger partial charge in [-0.25, -0.2) is 0 Å². The van der Waals surface area contributed by atoms with Gasteiger partial charge in [0, 0.05) is 31.0 Å².